The summed E-state index contributed by atoms with van der Waals surface area (Å²) in [5, 5.41) is 46.9. The van der Waals surface area contributed by atoms with Crippen LogP contribution in [0.3, 0.4) is 0 Å². The molecule has 0 aliphatic carbocycles. The van der Waals surface area contributed by atoms with Crippen LogP contribution in [-0.4, -0.2) is 78.1 Å². The minimum absolute atomic E-state index is 0.841. The monoisotopic (exact) mass is 318 g/mol. The van der Waals surface area contributed by atoms with Crippen LogP contribution >= 0.6 is 7.82 Å². The van der Waals surface area contributed by atoms with Gasteiger partial charge in [0.05, 0.1) is 12.7 Å². The van der Waals surface area contributed by atoms with Gasteiger partial charge < -0.3 is 40.1 Å². The van der Waals surface area contributed by atoms with Crippen molar-refractivity contribution in [2.75, 3.05) is 6.61 Å². The highest BCUT2D eigenvalue weighted by atomic mass is 31.2. The van der Waals surface area contributed by atoms with E-state index in [9.17, 15) is 29.8 Å². The van der Waals surface area contributed by atoms with Gasteiger partial charge >= 0.3 is 13.8 Å². The highest BCUT2D eigenvalue weighted by Gasteiger charge is 2.52. The number of phosphoric acid groups is 1. The van der Waals surface area contributed by atoms with E-state index in [4.69, 9.17) is 14.9 Å². The van der Waals surface area contributed by atoms with Gasteiger partial charge in [-0.05, 0) is 0 Å². The van der Waals surface area contributed by atoms with Crippen molar-refractivity contribution in [3.63, 3.8) is 0 Å². The maximum absolute atomic E-state index is 10.8. The number of hydrogen-bond acceptors (Lipinski definition) is 8. The first kappa shape index (κ1) is 17.4. The Morgan fingerprint density at radius 1 is 1.45 bits per heavy atom. The topological polar surface area (TPSA) is 194 Å². The zero-order chi connectivity index (χ0) is 15.7. The number of carboxylic acids is 1. The lowest BCUT2D eigenvalue weighted by Gasteiger charge is -2.41. The third-order valence-corrected chi connectivity index (χ3v) is 3.16. The van der Waals surface area contributed by atoms with E-state index in [2.05, 4.69) is 9.26 Å². The number of phosphoric ester groups is 1. The summed E-state index contributed by atoms with van der Waals surface area (Å²) in [4.78, 5) is 27.7. The Kier molecular flexibility index (Phi) is 5.24. The molecule has 1 aliphatic rings. The van der Waals surface area contributed by atoms with Crippen LogP contribution < -0.4 is 0 Å². The molecule has 5 atom stereocenters. The summed E-state index contributed by atoms with van der Waals surface area (Å²) in [6.07, 6.45) is -8.04. The molecule has 1 saturated heterocycles. The first-order valence-corrected chi connectivity index (χ1v) is 6.87. The van der Waals surface area contributed by atoms with E-state index < -0.39 is 57.0 Å². The second kappa shape index (κ2) is 6.02. The molecule has 0 amide bonds. The van der Waals surface area contributed by atoms with Gasteiger partial charge in [-0.25, -0.2) is 9.36 Å². The zero-order valence-corrected chi connectivity index (χ0v) is 10.8. The maximum atomic E-state index is 10.8. The van der Waals surface area contributed by atoms with Gasteiger partial charge in [0.15, 0.2) is 0 Å². The number of hydrogen-bond donors (Lipinski definition) is 7. The van der Waals surface area contributed by atoms with E-state index in [1.807, 2.05) is 0 Å². The maximum Gasteiger partial charge on any atom is 0.469 e. The van der Waals surface area contributed by atoms with Crippen molar-refractivity contribution >= 4 is 13.8 Å². The second-order valence-electron chi connectivity index (χ2n) is 4.29. The molecule has 0 spiro atoms. The first-order valence-electron chi connectivity index (χ1n) is 5.34. The molecule has 1 aliphatic heterocycles. The minimum atomic E-state index is -4.90. The number of aliphatic hydroxyl groups excluding tert-OH is 3. The molecule has 12 heteroatoms. The number of ether oxygens (including phenoxy) is 1. The number of carbonyl (C=O) groups is 1. The van der Waals surface area contributed by atoms with E-state index in [1.165, 1.54) is 0 Å². The molecule has 118 valence electrons. The molecule has 0 saturated carbocycles. The van der Waals surface area contributed by atoms with Crippen LogP contribution in [0, 0.1) is 0 Å². The van der Waals surface area contributed by atoms with Crippen molar-refractivity contribution in [2.45, 2.75) is 36.6 Å². The van der Waals surface area contributed by atoms with Crippen LogP contribution in [0.1, 0.15) is 6.42 Å². The number of carboxylic acid groups (broad SMARTS) is 1. The summed E-state index contributed by atoms with van der Waals surface area (Å²) in [6, 6.07) is 0. The van der Waals surface area contributed by atoms with Crippen LogP contribution in [0.2, 0.25) is 0 Å². The third-order valence-electron chi connectivity index (χ3n) is 2.67. The number of aliphatic hydroxyl groups is 4. The fourth-order valence-corrected chi connectivity index (χ4v) is 2.03. The van der Waals surface area contributed by atoms with E-state index in [0.717, 1.165) is 0 Å². The SMILES string of the molecule is O=C(O)[C@@]1(O)C[C@@H](O)[C@@H](O)[C@@H](C(O)COP(=O)(O)O)O1. The molecule has 1 unspecified atom stereocenters. The van der Waals surface area contributed by atoms with Gasteiger partial charge in [0.2, 0.25) is 0 Å². The predicted octanol–water partition coefficient (Wildman–Crippen LogP) is -3.26. The summed E-state index contributed by atoms with van der Waals surface area (Å²) >= 11 is 0. The van der Waals surface area contributed by atoms with Crippen LogP contribution in [-0.2, 0) is 18.6 Å². The average molecular weight is 318 g/mol. The van der Waals surface area contributed by atoms with E-state index in [-0.39, 0.29) is 0 Å². The summed E-state index contributed by atoms with van der Waals surface area (Å²) in [5.41, 5.74) is 0. The largest absolute Gasteiger partial charge is 0.477 e. The Morgan fingerprint density at radius 3 is 2.45 bits per heavy atom. The normalized spacial score (nSPS) is 36.6. The summed E-state index contributed by atoms with van der Waals surface area (Å²) in [5.74, 6) is -4.69. The van der Waals surface area contributed by atoms with Crippen molar-refractivity contribution < 1.29 is 53.9 Å². The summed E-state index contributed by atoms with van der Waals surface area (Å²) < 4.78 is 19.0. The van der Waals surface area contributed by atoms with Crippen molar-refractivity contribution in [1.29, 1.82) is 0 Å². The second-order valence-corrected chi connectivity index (χ2v) is 5.53. The van der Waals surface area contributed by atoms with Gasteiger partial charge in [-0.15, -0.1) is 0 Å². The lowest BCUT2D eigenvalue weighted by molar-refractivity contribution is -0.308. The van der Waals surface area contributed by atoms with Crippen LogP contribution in [0.25, 0.3) is 0 Å². The van der Waals surface area contributed by atoms with Crippen LogP contribution in [0.15, 0.2) is 0 Å². The molecule has 0 bridgehead atoms. The van der Waals surface area contributed by atoms with Crippen molar-refractivity contribution in [3.05, 3.63) is 0 Å². The lowest BCUT2D eigenvalue weighted by Crippen LogP contribution is -2.61. The quantitative estimate of drug-likeness (QED) is 0.251. The smallest absolute Gasteiger partial charge is 0.469 e. The standard InChI is InChI=1S/C8H15O11P/c9-3-1-8(14,7(12)13)19-6(5(3)11)4(10)2-18-20(15,16)17/h3-6,9-11,14H,1-2H2,(H,12,13)(H2,15,16,17)/t3-,4?,5-,6-,8-/m1/s1. The molecule has 0 radical (unpaired) electrons. The van der Waals surface area contributed by atoms with Crippen LogP contribution in [0.4, 0.5) is 0 Å². The Balaban J connectivity index is 2.80. The highest BCUT2D eigenvalue weighted by molar-refractivity contribution is 7.46. The number of aliphatic carboxylic acids is 1. The van der Waals surface area contributed by atoms with Gasteiger partial charge in [-0.2, -0.15) is 0 Å². The zero-order valence-electron chi connectivity index (χ0n) is 9.93. The van der Waals surface area contributed by atoms with Crippen molar-refractivity contribution in [1.82, 2.24) is 0 Å². The molecule has 11 nitrogen and oxygen atoms in total. The first-order chi connectivity index (χ1) is 8.96. The lowest BCUT2D eigenvalue weighted by atomic mass is 9.93. The van der Waals surface area contributed by atoms with Crippen LogP contribution in [0.5, 0.6) is 0 Å². The average Bonchev–Trinajstić information content (AvgIpc) is 2.29. The Morgan fingerprint density at radius 2 is 2.00 bits per heavy atom. The van der Waals surface area contributed by atoms with E-state index in [1.54, 1.807) is 0 Å². The fraction of sp³-hybridized carbons (Fsp3) is 0.875. The predicted molar refractivity (Wildman–Crippen MR) is 58.1 cm³/mol. The number of rotatable bonds is 5. The van der Waals surface area contributed by atoms with Crippen molar-refractivity contribution in [3.8, 4) is 0 Å². The molecule has 20 heavy (non-hydrogen) atoms. The van der Waals surface area contributed by atoms with Gasteiger partial charge in [-0.3, -0.25) is 4.52 Å². The molecule has 1 fully saturated rings. The Labute approximate surface area is 112 Å². The van der Waals surface area contributed by atoms with Gasteiger partial charge in [0.1, 0.15) is 18.3 Å². The highest BCUT2D eigenvalue weighted by Crippen LogP contribution is 2.37. The molecule has 0 aromatic heterocycles. The summed E-state index contributed by atoms with van der Waals surface area (Å²) in [7, 11) is -4.90. The molecular formula is C8H15O11P. The van der Waals surface area contributed by atoms with E-state index >= 15 is 0 Å². The molecule has 1 heterocycles. The van der Waals surface area contributed by atoms with Gasteiger partial charge in [-0.1, -0.05) is 0 Å². The summed E-state index contributed by atoms with van der Waals surface area (Å²) in [6.45, 7) is -1.01. The fourth-order valence-electron chi connectivity index (χ4n) is 1.68. The minimum Gasteiger partial charge on any atom is -0.477 e. The van der Waals surface area contributed by atoms with Gasteiger partial charge in [0, 0.05) is 6.42 Å². The molecule has 0 aromatic rings. The Hall–Kier alpha value is -0.620. The molecule has 0 aromatic carbocycles. The van der Waals surface area contributed by atoms with Gasteiger partial charge in [0.25, 0.3) is 5.79 Å². The van der Waals surface area contributed by atoms with E-state index in [0.29, 0.717) is 0 Å². The van der Waals surface area contributed by atoms with Crippen molar-refractivity contribution in [2.24, 2.45) is 0 Å². The Bertz CT molecular complexity index is 407. The molecule has 1 rings (SSSR count). The molecule has 7 N–H and O–H groups in total. The third kappa shape index (κ3) is 4.19. The molecular weight excluding hydrogens is 303 g/mol.